The minimum absolute atomic E-state index is 0.771. The Hall–Kier alpha value is -3.55. The maximum absolute atomic E-state index is 4.33. The monoisotopic (exact) mass is 428 g/mol. The van der Waals surface area contributed by atoms with E-state index in [9.17, 15) is 0 Å². The lowest BCUT2D eigenvalue weighted by Crippen LogP contribution is -1.81. The Morgan fingerprint density at radius 2 is 1.00 bits per heavy atom. The van der Waals surface area contributed by atoms with Gasteiger partial charge in [-0.15, -0.1) is 0 Å². The first-order valence-corrected chi connectivity index (χ1v) is 11.5. The molecule has 0 saturated heterocycles. The van der Waals surface area contributed by atoms with Crippen molar-refractivity contribution in [3.63, 3.8) is 0 Å². The summed E-state index contributed by atoms with van der Waals surface area (Å²) in [6.45, 7) is 0. The van der Waals surface area contributed by atoms with Crippen molar-refractivity contribution in [3.8, 4) is 22.3 Å². The van der Waals surface area contributed by atoms with Gasteiger partial charge in [0.25, 0.3) is 0 Å². The quantitative estimate of drug-likeness (QED) is 0.210. The Labute approximate surface area is 195 Å². The van der Waals surface area contributed by atoms with Crippen molar-refractivity contribution >= 4 is 35.6 Å². The molecule has 32 heavy (non-hydrogen) atoms. The normalized spacial score (nSPS) is 11.3. The first kappa shape index (κ1) is 20.4. The van der Waals surface area contributed by atoms with Crippen molar-refractivity contribution in [2.45, 2.75) is 5.75 Å². The second-order valence-electron chi connectivity index (χ2n) is 8.00. The summed E-state index contributed by atoms with van der Waals surface area (Å²) >= 11 is 4.33. The molecule has 0 N–H and O–H groups in total. The summed E-state index contributed by atoms with van der Waals surface area (Å²) in [5, 5.41) is 2.52. The molecule has 0 aliphatic carbocycles. The standard InChI is InChI=1S/C31H24S/c32-22-25-11-15-28(16-12-25)27-13-8-23(9-14-27)6-7-24-10-17-31-21-30(19-18-29(31)20-24)26-4-2-1-3-5-26/h1-21,32H,22H2/b7-6+. The van der Waals surface area contributed by atoms with Gasteiger partial charge in [-0.25, -0.2) is 0 Å². The molecule has 0 bridgehead atoms. The van der Waals surface area contributed by atoms with Gasteiger partial charge in [-0.05, 0) is 61.8 Å². The zero-order valence-electron chi connectivity index (χ0n) is 17.8. The Morgan fingerprint density at radius 1 is 0.469 bits per heavy atom. The second kappa shape index (κ2) is 9.30. The highest BCUT2D eigenvalue weighted by atomic mass is 32.1. The van der Waals surface area contributed by atoms with E-state index < -0.39 is 0 Å². The number of fused-ring (bicyclic) bond motifs is 1. The molecule has 0 spiro atoms. The molecule has 154 valence electrons. The van der Waals surface area contributed by atoms with Crippen LogP contribution in [0, 0.1) is 0 Å². The fourth-order valence-corrected chi connectivity index (χ4v) is 4.17. The van der Waals surface area contributed by atoms with Crippen molar-refractivity contribution in [3.05, 3.63) is 132 Å². The molecule has 0 amide bonds. The number of benzene rings is 5. The van der Waals surface area contributed by atoms with E-state index in [0.717, 1.165) is 5.75 Å². The summed E-state index contributed by atoms with van der Waals surface area (Å²) in [5.74, 6) is 0.771. The van der Waals surface area contributed by atoms with Crippen LogP contribution in [0.2, 0.25) is 0 Å². The third-order valence-electron chi connectivity index (χ3n) is 5.82. The summed E-state index contributed by atoms with van der Waals surface area (Å²) in [4.78, 5) is 0. The van der Waals surface area contributed by atoms with E-state index in [2.05, 4.69) is 140 Å². The van der Waals surface area contributed by atoms with Crippen LogP contribution in [-0.4, -0.2) is 0 Å². The molecule has 5 rings (SSSR count). The van der Waals surface area contributed by atoms with Crippen molar-refractivity contribution < 1.29 is 0 Å². The van der Waals surface area contributed by atoms with Crippen LogP contribution in [0.3, 0.4) is 0 Å². The summed E-state index contributed by atoms with van der Waals surface area (Å²) in [6, 6.07) is 41.1. The summed E-state index contributed by atoms with van der Waals surface area (Å²) < 4.78 is 0. The lowest BCUT2D eigenvalue weighted by atomic mass is 9.99. The first-order chi connectivity index (χ1) is 15.8. The minimum atomic E-state index is 0.771. The minimum Gasteiger partial charge on any atom is -0.175 e. The number of thiol groups is 1. The molecule has 1 heteroatoms. The van der Waals surface area contributed by atoms with Gasteiger partial charge in [0.1, 0.15) is 0 Å². The molecule has 0 atom stereocenters. The summed E-state index contributed by atoms with van der Waals surface area (Å²) in [7, 11) is 0. The van der Waals surface area contributed by atoms with Gasteiger partial charge in [0.15, 0.2) is 0 Å². The van der Waals surface area contributed by atoms with E-state index in [-0.39, 0.29) is 0 Å². The van der Waals surface area contributed by atoms with Crippen molar-refractivity contribution in [1.82, 2.24) is 0 Å². The highest BCUT2D eigenvalue weighted by Crippen LogP contribution is 2.26. The maximum atomic E-state index is 4.33. The van der Waals surface area contributed by atoms with Gasteiger partial charge in [0.05, 0.1) is 0 Å². The SMILES string of the molecule is SCc1ccc(-c2ccc(/C=C/c3ccc4cc(-c5ccccc5)ccc4c3)cc2)cc1. The van der Waals surface area contributed by atoms with Gasteiger partial charge in [-0.1, -0.05) is 115 Å². The van der Waals surface area contributed by atoms with Gasteiger partial charge < -0.3 is 0 Å². The van der Waals surface area contributed by atoms with Crippen LogP contribution in [0.5, 0.6) is 0 Å². The predicted molar refractivity (Wildman–Crippen MR) is 143 cm³/mol. The van der Waals surface area contributed by atoms with Crippen LogP contribution < -0.4 is 0 Å². The molecule has 5 aromatic rings. The molecule has 0 radical (unpaired) electrons. The van der Waals surface area contributed by atoms with Crippen LogP contribution in [-0.2, 0) is 5.75 Å². The first-order valence-electron chi connectivity index (χ1n) is 10.9. The average Bonchev–Trinajstić information content (AvgIpc) is 2.88. The zero-order valence-corrected chi connectivity index (χ0v) is 18.7. The number of hydrogen-bond donors (Lipinski definition) is 1. The topological polar surface area (TPSA) is 0 Å². The average molecular weight is 429 g/mol. The highest BCUT2D eigenvalue weighted by Gasteiger charge is 2.01. The van der Waals surface area contributed by atoms with E-state index in [1.807, 2.05) is 0 Å². The van der Waals surface area contributed by atoms with Gasteiger partial charge in [0, 0.05) is 5.75 Å². The highest BCUT2D eigenvalue weighted by molar-refractivity contribution is 7.79. The largest absolute Gasteiger partial charge is 0.175 e. The Bertz CT molecular complexity index is 1360. The van der Waals surface area contributed by atoms with Crippen LogP contribution in [0.4, 0.5) is 0 Å². The Kier molecular flexibility index (Phi) is 5.91. The molecular weight excluding hydrogens is 404 g/mol. The number of hydrogen-bond acceptors (Lipinski definition) is 1. The molecule has 0 unspecified atom stereocenters. The van der Waals surface area contributed by atoms with Gasteiger partial charge >= 0.3 is 0 Å². The zero-order chi connectivity index (χ0) is 21.8. The second-order valence-corrected chi connectivity index (χ2v) is 8.31. The third-order valence-corrected chi connectivity index (χ3v) is 6.19. The maximum Gasteiger partial charge on any atom is 0.0154 e. The fourth-order valence-electron chi connectivity index (χ4n) is 3.96. The van der Waals surface area contributed by atoms with Gasteiger partial charge in [0.2, 0.25) is 0 Å². The van der Waals surface area contributed by atoms with E-state index >= 15 is 0 Å². The molecular formula is C31H24S. The smallest absolute Gasteiger partial charge is 0.0154 e. The lowest BCUT2D eigenvalue weighted by Gasteiger charge is -2.05. The molecule has 0 heterocycles. The summed E-state index contributed by atoms with van der Waals surface area (Å²) in [6.07, 6.45) is 4.36. The van der Waals surface area contributed by atoms with Crippen LogP contribution in [0.25, 0.3) is 45.2 Å². The van der Waals surface area contributed by atoms with E-state index in [0.29, 0.717) is 0 Å². The van der Waals surface area contributed by atoms with Gasteiger partial charge in [-0.2, -0.15) is 12.6 Å². The molecule has 5 aromatic carbocycles. The van der Waals surface area contributed by atoms with Crippen LogP contribution >= 0.6 is 12.6 Å². The molecule has 0 aromatic heterocycles. The Morgan fingerprint density at radius 3 is 1.72 bits per heavy atom. The van der Waals surface area contributed by atoms with E-state index in [1.165, 1.54) is 49.7 Å². The van der Waals surface area contributed by atoms with Crippen LogP contribution in [0.1, 0.15) is 16.7 Å². The molecule has 0 nitrogen and oxygen atoms in total. The number of rotatable bonds is 5. The van der Waals surface area contributed by atoms with Crippen molar-refractivity contribution in [2.24, 2.45) is 0 Å². The summed E-state index contributed by atoms with van der Waals surface area (Å²) in [5.41, 5.74) is 8.60. The van der Waals surface area contributed by atoms with Gasteiger partial charge in [-0.3, -0.25) is 0 Å². The molecule has 0 saturated carbocycles. The van der Waals surface area contributed by atoms with E-state index in [4.69, 9.17) is 0 Å². The molecule has 0 aliphatic heterocycles. The van der Waals surface area contributed by atoms with Crippen molar-refractivity contribution in [1.29, 1.82) is 0 Å². The van der Waals surface area contributed by atoms with Crippen molar-refractivity contribution in [2.75, 3.05) is 0 Å². The predicted octanol–water partition coefficient (Wildman–Crippen LogP) is 8.77. The third kappa shape index (κ3) is 4.54. The fraction of sp³-hybridized carbons (Fsp3) is 0.0323. The lowest BCUT2D eigenvalue weighted by molar-refractivity contribution is 1.42. The van der Waals surface area contributed by atoms with E-state index in [1.54, 1.807) is 0 Å². The molecule has 0 fully saturated rings. The molecule has 0 aliphatic rings. The Balaban J connectivity index is 1.33. The van der Waals surface area contributed by atoms with Crippen LogP contribution in [0.15, 0.2) is 115 Å².